The van der Waals surface area contributed by atoms with Gasteiger partial charge in [-0.15, -0.1) is 0 Å². The van der Waals surface area contributed by atoms with Crippen molar-refractivity contribution < 1.29 is 9.53 Å². The fourth-order valence-corrected chi connectivity index (χ4v) is 1.55. The molecule has 0 atom stereocenters. The maximum atomic E-state index is 11.3. The van der Waals surface area contributed by atoms with Crippen LogP contribution in [0.25, 0.3) is 0 Å². The number of esters is 1. The molecule has 4 N–H and O–H groups in total. The van der Waals surface area contributed by atoms with E-state index in [2.05, 4.69) is 11.9 Å². The minimum atomic E-state index is -0.0895. The minimum Gasteiger partial charge on any atom is -0.466 e. The van der Waals surface area contributed by atoms with Crippen molar-refractivity contribution in [3.05, 3.63) is 0 Å². The van der Waals surface area contributed by atoms with Gasteiger partial charge in [0.2, 0.25) is 0 Å². The number of nitrogens with zero attached hydrogens (tertiary/aromatic N) is 1. The standard InChI is InChI=1S/C13H27N3O2/c1-2-3-4-8-11-18-12(17)9-6-5-7-10-16-13(14)15/h2-11H2,1H3,(H4,14,15,16). The number of hydrogen-bond acceptors (Lipinski definition) is 3. The van der Waals surface area contributed by atoms with Crippen molar-refractivity contribution in [2.75, 3.05) is 13.2 Å². The normalized spacial score (nSPS) is 10.1. The van der Waals surface area contributed by atoms with Gasteiger partial charge in [-0.1, -0.05) is 32.6 Å². The van der Waals surface area contributed by atoms with Crippen molar-refractivity contribution in [2.24, 2.45) is 16.5 Å². The van der Waals surface area contributed by atoms with E-state index in [4.69, 9.17) is 16.2 Å². The summed E-state index contributed by atoms with van der Waals surface area (Å²) in [5.41, 5.74) is 10.4. The quantitative estimate of drug-likeness (QED) is 0.256. The van der Waals surface area contributed by atoms with Gasteiger partial charge in [-0.25, -0.2) is 0 Å². The lowest BCUT2D eigenvalue weighted by Gasteiger charge is -2.04. The molecule has 0 aromatic carbocycles. The van der Waals surface area contributed by atoms with E-state index in [1.165, 1.54) is 12.8 Å². The summed E-state index contributed by atoms with van der Waals surface area (Å²) in [6.07, 6.45) is 7.71. The zero-order valence-corrected chi connectivity index (χ0v) is 11.5. The van der Waals surface area contributed by atoms with Gasteiger partial charge in [0.15, 0.2) is 5.96 Å². The van der Waals surface area contributed by atoms with Gasteiger partial charge < -0.3 is 16.2 Å². The molecular formula is C13H27N3O2. The summed E-state index contributed by atoms with van der Waals surface area (Å²) < 4.78 is 5.13. The van der Waals surface area contributed by atoms with Gasteiger partial charge in [-0.2, -0.15) is 0 Å². The summed E-state index contributed by atoms with van der Waals surface area (Å²) in [5.74, 6) is 0.0369. The number of carbonyl (C=O) groups is 1. The Labute approximate surface area is 110 Å². The number of ether oxygens (including phenoxy) is 1. The number of unbranched alkanes of at least 4 members (excludes halogenated alkanes) is 5. The van der Waals surface area contributed by atoms with Gasteiger partial charge in [0, 0.05) is 13.0 Å². The van der Waals surface area contributed by atoms with Crippen LogP contribution in [0.15, 0.2) is 4.99 Å². The average Bonchev–Trinajstić information content (AvgIpc) is 2.33. The minimum absolute atomic E-state index is 0.0895. The van der Waals surface area contributed by atoms with E-state index < -0.39 is 0 Å². The molecule has 0 heterocycles. The van der Waals surface area contributed by atoms with E-state index in [1.807, 2.05) is 0 Å². The first-order chi connectivity index (χ1) is 8.66. The molecule has 0 spiro atoms. The van der Waals surface area contributed by atoms with Gasteiger partial charge in [-0.05, 0) is 19.3 Å². The van der Waals surface area contributed by atoms with E-state index in [1.54, 1.807) is 0 Å². The highest BCUT2D eigenvalue weighted by molar-refractivity contribution is 5.75. The van der Waals surface area contributed by atoms with Crippen molar-refractivity contribution in [1.82, 2.24) is 0 Å². The average molecular weight is 257 g/mol. The zero-order valence-electron chi connectivity index (χ0n) is 11.5. The molecule has 0 radical (unpaired) electrons. The summed E-state index contributed by atoms with van der Waals surface area (Å²) in [5, 5.41) is 0. The van der Waals surface area contributed by atoms with Crippen LogP contribution in [-0.4, -0.2) is 25.1 Å². The van der Waals surface area contributed by atoms with Crippen LogP contribution in [0.1, 0.15) is 58.3 Å². The topological polar surface area (TPSA) is 90.7 Å². The summed E-state index contributed by atoms with van der Waals surface area (Å²) in [7, 11) is 0. The summed E-state index contributed by atoms with van der Waals surface area (Å²) in [6.45, 7) is 3.36. The second-order valence-electron chi connectivity index (χ2n) is 4.40. The molecule has 0 bridgehead atoms. The van der Waals surface area contributed by atoms with Crippen LogP contribution in [0, 0.1) is 0 Å². The van der Waals surface area contributed by atoms with E-state index in [0.29, 0.717) is 19.6 Å². The Morgan fingerprint density at radius 3 is 2.44 bits per heavy atom. The SMILES string of the molecule is CCCCCCOC(=O)CCCCCN=C(N)N. The molecule has 0 fully saturated rings. The first-order valence-corrected chi connectivity index (χ1v) is 6.87. The predicted molar refractivity (Wildman–Crippen MR) is 74.2 cm³/mol. The van der Waals surface area contributed by atoms with Gasteiger partial charge in [0.25, 0.3) is 0 Å². The maximum Gasteiger partial charge on any atom is 0.305 e. The molecule has 0 aliphatic carbocycles. The lowest BCUT2D eigenvalue weighted by Crippen LogP contribution is -2.22. The van der Waals surface area contributed by atoms with Crippen LogP contribution in [0.3, 0.4) is 0 Å². The lowest BCUT2D eigenvalue weighted by molar-refractivity contribution is -0.143. The predicted octanol–water partition coefficient (Wildman–Crippen LogP) is 1.94. The first-order valence-electron chi connectivity index (χ1n) is 6.87. The largest absolute Gasteiger partial charge is 0.466 e. The van der Waals surface area contributed by atoms with E-state index in [-0.39, 0.29) is 11.9 Å². The third kappa shape index (κ3) is 12.8. The molecule has 0 unspecified atom stereocenters. The Kier molecular flexibility index (Phi) is 11.3. The monoisotopic (exact) mass is 257 g/mol. The highest BCUT2D eigenvalue weighted by Gasteiger charge is 2.01. The van der Waals surface area contributed by atoms with Gasteiger partial charge in [0.05, 0.1) is 6.61 Å². The van der Waals surface area contributed by atoms with Crippen LogP contribution < -0.4 is 11.5 Å². The smallest absolute Gasteiger partial charge is 0.305 e. The number of hydrogen-bond donors (Lipinski definition) is 2. The second kappa shape index (κ2) is 12.2. The third-order valence-electron chi connectivity index (χ3n) is 2.59. The molecule has 18 heavy (non-hydrogen) atoms. The van der Waals surface area contributed by atoms with Crippen LogP contribution in [0.2, 0.25) is 0 Å². The van der Waals surface area contributed by atoms with Crippen LogP contribution in [0.5, 0.6) is 0 Å². The van der Waals surface area contributed by atoms with Crippen molar-refractivity contribution in [3.63, 3.8) is 0 Å². The van der Waals surface area contributed by atoms with E-state index >= 15 is 0 Å². The molecule has 106 valence electrons. The van der Waals surface area contributed by atoms with Crippen molar-refractivity contribution in [1.29, 1.82) is 0 Å². The molecule has 0 rings (SSSR count). The highest BCUT2D eigenvalue weighted by Crippen LogP contribution is 2.03. The molecule has 0 amide bonds. The zero-order chi connectivity index (χ0) is 13.6. The third-order valence-corrected chi connectivity index (χ3v) is 2.59. The molecule has 0 aromatic rings. The van der Waals surface area contributed by atoms with Crippen LogP contribution in [-0.2, 0) is 9.53 Å². The Balaban J connectivity index is 3.24. The Morgan fingerprint density at radius 1 is 1.06 bits per heavy atom. The Hall–Kier alpha value is -1.26. The number of rotatable bonds is 11. The molecule has 5 nitrogen and oxygen atoms in total. The van der Waals surface area contributed by atoms with E-state index in [9.17, 15) is 4.79 Å². The summed E-state index contributed by atoms with van der Waals surface area (Å²) in [4.78, 5) is 15.2. The lowest BCUT2D eigenvalue weighted by atomic mass is 10.2. The van der Waals surface area contributed by atoms with Crippen LogP contribution >= 0.6 is 0 Å². The van der Waals surface area contributed by atoms with Gasteiger partial charge in [0.1, 0.15) is 0 Å². The van der Waals surface area contributed by atoms with Crippen molar-refractivity contribution >= 4 is 11.9 Å². The molecule has 0 aliphatic heterocycles. The molecule has 0 aliphatic rings. The van der Waals surface area contributed by atoms with Gasteiger partial charge >= 0.3 is 5.97 Å². The summed E-state index contributed by atoms with van der Waals surface area (Å²) >= 11 is 0. The number of guanidine groups is 1. The molecular weight excluding hydrogens is 230 g/mol. The van der Waals surface area contributed by atoms with E-state index in [0.717, 1.165) is 32.1 Å². The number of nitrogens with two attached hydrogens (primary N) is 2. The number of carbonyl (C=O) groups excluding carboxylic acids is 1. The fourth-order valence-electron chi connectivity index (χ4n) is 1.55. The molecule has 5 heteroatoms. The van der Waals surface area contributed by atoms with Gasteiger partial charge in [-0.3, -0.25) is 9.79 Å². The molecule has 0 aromatic heterocycles. The van der Waals surface area contributed by atoms with Crippen molar-refractivity contribution in [3.8, 4) is 0 Å². The molecule has 0 saturated carbocycles. The Bertz CT molecular complexity index is 238. The van der Waals surface area contributed by atoms with Crippen LogP contribution in [0.4, 0.5) is 0 Å². The maximum absolute atomic E-state index is 11.3. The second-order valence-corrected chi connectivity index (χ2v) is 4.40. The Morgan fingerprint density at radius 2 is 1.78 bits per heavy atom. The number of aliphatic imine (C=N–C) groups is 1. The first kappa shape index (κ1) is 16.7. The summed E-state index contributed by atoms with van der Waals surface area (Å²) in [6, 6.07) is 0. The van der Waals surface area contributed by atoms with Crippen molar-refractivity contribution in [2.45, 2.75) is 58.3 Å². The molecule has 0 saturated heterocycles. The fraction of sp³-hybridized carbons (Fsp3) is 0.846. The highest BCUT2D eigenvalue weighted by atomic mass is 16.5.